The van der Waals surface area contributed by atoms with Crippen molar-refractivity contribution in [3.63, 3.8) is 0 Å². The van der Waals surface area contributed by atoms with Gasteiger partial charge in [0.05, 0.1) is 28.5 Å². The second-order valence-corrected chi connectivity index (χ2v) is 5.10. The van der Waals surface area contributed by atoms with E-state index in [4.69, 9.17) is 9.84 Å². The average Bonchev–Trinajstić information content (AvgIpc) is 2.89. The Morgan fingerprint density at radius 2 is 2.20 bits per heavy atom. The summed E-state index contributed by atoms with van der Waals surface area (Å²) in [6, 6.07) is 8.58. The molecule has 0 spiro atoms. The largest absolute Gasteiger partial charge is 0.480 e. The minimum Gasteiger partial charge on any atom is -0.480 e. The van der Waals surface area contributed by atoms with Crippen molar-refractivity contribution >= 4 is 27.5 Å². The number of carboxylic acids is 1. The van der Waals surface area contributed by atoms with E-state index in [2.05, 4.69) is 9.97 Å². The van der Waals surface area contributed by atoms with Crippen LogP contribution in [0.25, 0.3) is 20.8 Å². The van der Waals surface area contributed by atoms with Crippen molar-refractivity contribution < 1.29 is 14.6 Å². The molecule has 2 aromatic heterocycles. The fourth-order valence-electron chi connectivity index (χ4n) is 1.89. The number of thiazole rings is 1. The monoisotopic (exact) mass is 286 g/mol. The molecule has 0 aliphatic heterocycles. The number of pyridine rings is 1. The lowest BCUT2D eigenvalue weighted by molar-refractivity contribution is 0.0697. The number of benzene rings is 1. The second kappa shape index (κ2) is 4.90. The maximum atomic E-state index is 11.0. The molecule has 0 saturated carbocycles. The van der Waals surface area contributed by atoms with Crippen molar-refractivity contribution in [2.45, 2.75) is 0 Å². The summed E-state index contributed by atoms with van der Waals surface area (Å²) in [5, 5.41) is 9.76. The van der Waals surface area contributed by atoms with Crippen molar-refractivity contribution in [1.29, 1.82) is 0 Å². The van der Waals surface area contributed by atoms with Gasteiger partial charge in [-0.3, -0.25) is 0 Å². The van der Waals surface area contributed by atoms with Crippen LogP contribution in [0.4, 0.5) is 0 Å². The van der Waals surface area contributed by atoms with Gasteiger partial charge in [0.25, 0.3) is 0 Å². The predicted molar refractivity (Wildman–Crippen MR) is 76.4 cm³/mol. The summed E-state index contributed by atoms with van der Waals surface area (Å²) in [6.07, 6.45) is 1.65. The van der Waals surface area contributed by atoms with E-state index >= 15 is 0 Å². The van der Waals surface area contributed by atoms with Crippen LogP contribution in [0, 0.1) is 0 Å². The molecule has 0 saturated heterocycles. The van der Waals surface area contributed by atoms with E-state index in [1.807, 2.05) is 12.1 Å². The van der Waals surface area contributed by atoms with Crippen LogP contribution in [0.15, 0.2) is 36.5 Å². The molecule has 20 heavy (non-hydrogen) atoms. The minimum atomic E-state index is -0.944. The molecule has 3 rings (SSSR count). The molecule has 100 valence electrons. The van der Waals surface area contributed by atoms with Gasteiger partial charge in [0.15, 0.2) is 0 Å². The van der Waals surface area contributed by atoms with E-state index in [1.165, 1.54) is 11.3 Å². The van der Waals surface area contributed by atoms with E-state index in [0.29, 0.717) is 5.88 Å². The Labute approximate surface area is 118 Å². The van der Waals surface area contributed by atoms with Gasteiger partial charge in [-0.1, -0.05) is 0 Å². The standard InChI is InChI=1S/C14H10N2O3S/c1-19-12-9(3-2-6-15-12)13-16-10-5-4-8(14(17)18)7-11(10)20-13/h2-7H,1H3,(H,17,18). The number of carbonyl (C=O) groups is 1. The number of carboxylic acid groups (broad SMARTS) is 1. The number of nitrogens with zero attached hydrogens (tertiary/aromatic N) is 2. The zero-order chi connectivity index (χ0) is 14.1. The summed E-state index contributed by atoms with van der Waals surface area (Å²) in [5.74, 6) is -0.439. The van der Waals surface area contributed by atoms with Gasteiger partial charge in [0.2, 0.25) is 5.88 Å². The van der Waals surface area contributed by atoms with Gasteiger partial charge < -0.3 is 9.84 Å². The number of aromatic carboxylic acids is 1. The van der Waals surface area contributed by atoms with E-state index in [-0.39, 0.29) is 5.56 Å². The summed E-state index contributed by atoms with van der Waals surface area (Å²) in [5.41, 5.74) is 1.82. The summed E-state index contributed by atoms with van der Waals surface area (Å²) in [4.78, 5) is 19.6. The van der Waals surface area contributed by atoms with Crippen molar-refractivity contribution in [3.8, 4) is 16.5 Å². The van der Waals surface area contributed by atoms with Crippen LogP contribution >= 0.6 is 11.3 Å². The Morgan fingerprint density at radius 3 is 2.95 bits per heavy atom. The highest BCUT2D eigenvalue weighted by atomic mass is 32.1. The van der Waals surface area contributed by atoms with Gasteiger partial charge >= 0.3 is 5.97 Å². The third kappa shape index (κ3) is 2.10. The minimum absolute atomic E-state index is 0.255. The fraction of sp³-hybridized carbons (Fsp3) is 0.0714. The molecule has 3 aromatic rings. The molecule has 5 nitrogen and oxygen atoms in total. The number of fused-ring (bicyclic) bond motifs is 1. The van der Waals surface area contributed by atoms with Gasteiger partial charge in [-0.2, -0.15) is 0 Å². The normalized spacial score (nSPS) is 10.7. The van der Waals surface area contributed by atoms with Gasteiger partial charge in [-0.05, 0) is 30.3 Å². The van der Waals surface area contributed by atoms with Gasteiger partial charge in [-0.25, -0.2) is 14.8 Å². The molecule has 0 aliphatic rings. The Hall–Kier alpha value is -2.47. The van der Waals surface area contributed by atoms with Crippen LogP contribution in [0.5, 0.6) is 5.88 Å². The smallest absolute Gasteiger partial charge is 0.335 e. The first kappa shape index (κ1) is 12.6. The zero-order valence-electron chi connectivity index (χ0n) is 10.5. The number of rotatable bonds is 3. The molecule has 6 heteroatoms. The van der Waals surface area contributed by atoms with Crippen LogP contribution in [-0.2, 0) is 0 Å². The van der Waals surface area contributed by atoms with Crippen LogP contribution in [-0.4, -0.2) is 28.2 Å². The molecule has 0 unspecified atom stereocenters. The van der Waals surface area contributed by atoms with Crippen molar-refractivity contribution in [2.75, 3.05) is 7.11 Å². The maximum Gasteiger partial charge on any atom is 0.335 e. The van der Waals surface area contributed by atoms with Gasteiger partial charge in [-0.15, -0.1) is 11.3 Å². The number of ether oxygens (including phenoxy) is 1. The molecule has 0 fully saturated rings. The third-order valence-corrected chi connectivity index (χ3v) is 3.88. The molecule has 1 aromatic carbocycles. The lowest BCUT2D eigenvalue weighted by Crippen LogP contribution is -1.94. The first-order valence-electron chi connectivity index (χ1n) is 5.82. The molecular weight excluding hydrogens is 276 g/mol. The van der Waals surface area contributed by atoms with Crippen molar-refractivity contribution in [1.82, 2.24) is 9.97 Å². The second-order valence-electron chi connectivity index (χ2n) is 4.07. The molecule has 0 atom stereocenters. The first-order valence-corrected chi connectivity index (χ1v) is 6.64. The van der Waals surface area contributed by atoms with E-state index < -0.39 is 5.97 Å². The molecule has 0 aliphatic carbocycles. The van der Waals surface area contributed by atoms with Crippen LogP contribution in [0.1, 0.15) is 10.4 Å². The number of hydrogen-bond donors (Lipinski definition) is 1. The molecule has 0 radical (unpaired) electrons. The van der Waals surface area contributed by atoms with Crippen LogP contribution < -0.4 is 4.74 Å². The van der Waals surface area contributed by atoms with Gasteiger partial charge in [0, 0.05) is 6.20 Å². The molecule has 0 amide bonds. The van der Waals surface area contributed by atoms with E-state index in [1.54, 1.807) is 31.5 Å². The first-order chi connectivity index (χ1) is 9.69. The predicted octanol–water partition coefficient (Wildman–Crippen LogP) is 3.07. The third-order valence-electron chi connectivity index (χ3n) is 2.83. The zero-order valence-corrected chi connectivity index (χ0v) is 11.3. The highest BCUT2D eigenvalue weighted by Crippen LogP contribution is 2.34. The van der Waals surface area contributed by atoms with Crippen LogP contribution in [0.2, 0.25) is 0 Å². The lowest BCUT2D eigenvalue weighted by Gasteiger charge is -2.02. The number of aromatic nitrogens is 2. The maximum absolute atomic E-state index is 11.0. The average molecular weight is 286 g/mol. The van der Waals surface area contributed by atoms with Crippen molar-refractivity contribution in [3.05, 3.63) is 42.1 Å². The summed E-state index contributed by atoms with van der Waals surface area (Å²) in [7, 11) is 1.56. The van der Waals surface area contributed by atoms with Crippen LogP contribution in [0.3, 0.4) is 0 Å². The Balaban J connectivity index is 2.15. The number of hydrogen-bond acceptors (Lipinski definition) is 5. The highest BCUT2D eigenvalue weighted by molar-refractivity contribution is 7.21. The van der Waals surface area contributed by atoms with E-state index in [9.17, 15) is 4.79 Å². The van der Waals surface area contributed by atoms with E-state index in [0.717, 1.165) is 20.8 Å². The fourth-order valence-corrected chi connectivity index (χ4v) is 2.91. The summed E-state index contributed by atoms with van der Waals surface area (Å²) >= 11 is 1.42. The Bertz CT molecular complexity index is 798. The Morgan fingerprint density at radius 1 is 1.35 bits per heavy atom. The van der Waals surface area contributed by atoms with Gasteiger partial charge in [0.1, 0.15) is 5.01 Å². The quantitative estimate of drug-likeness (QED) is 0.801. The Kier molecular flexibility index (Phi) is 3.08. The summed E-state index contributed by atoms with van der Waals surface area (Å²) < 4.78 is 6.04. The molecule has 2 heterocycles. The topological polar surface area (TPSA) is 72.3 Å². The molecular formula is C14H10N2O3S. The molecule has 0 bridgehead atoms. The molecule has 1 N–H and O–H groups in total. The SMILES string of the molecule is COc1ncccc1-c1nc2ccc(C(=O)O)cc2s1. The summed E-state index contributed by atoms with van der Waals surface area (Å²) in [6.45, 7) is 0. The van der Waals surface area contributed by atoms with Crippen molar-refractivity contribution in [2.24, 2.45) is 0 Å². The number of methoxy groups -OCH3 is 1. The lowest BCUT2D eigenvalue weighted by atomic mass is 10.2. The highest BCUT2D eigenvalue weighted by Gasteiger charge is 2.13.